The molecule has 0 saturated heterocycles. The molecule has 0 fully saturated rings. The standard InChI is InChI=1S/C21H21NS/c1-21(2,23)22(19-11-7-4-8-12-19)20-15-13-18(14-16-20)17-9-5-3-6-10-17/h3-16,23H,1-2H3. The molecule has 116 valence electrons. The fourth-order valence-corrected chi connectivity index (χ4v) is 3.02. The van der Waals surface area contributed by atoms with Crippen LogP contribution in [0.25, 0.3) is 11.1 Å². The predicted octanol–water partition coefficient (Wildman–Crippen LogP) is 6.16. The summed E-state index contributed by atoms with van der Waals surface area (Å²) in [6.07, 6.45) is 0. The molecule has 3 aromatic carbocycles. The average molecular weight is 319 g/mol. The second-order valence-corrected chi connectivity index (χ2v) is 7.17. The Morgan fingerprint density at radius 2 is 1.04 bits per heavy atom. The van der Waals surface area contributed by atoms with Crippen molar-refractivity contribution in [2.45, 2.75) is 18.7 Å². The zero-order valence-electron chi connectivity index (χ0n) is 13.5. The minimum atomic E-state index is -0.296. The fourth-order valence-electron chi connectivity index (χ4n) is 2.79. The van der Waals surface area contributed by atoms with Gasteiger partial charge in [-0.05, 0) is 49.2 Å². The van der Waals surface area contributed by atoms with Crippen LogP contribution in [0.1, 0.15) is 13.8 Å². The van der Waals surface area contributed by atoms with Gasteiger partial charge in [0.1, 0.15) is 0 Å². The molecule has 0 aromatic heterocycles. The summed E-state index contributed by atoms with van der Waals surface area (Å²) >= 11 is 4.79. The van der Waals surface area contributed by atoms with Gasteiger partial charge in [-0.15, -0.1) is 0 Å². The molecule has 0 spiro atoms. The summed E-state index contributed by atoms with van der Waals surface area (Å²) in [4.78, 5) is 1.94. The van der Waals surface area contributed by atoms with E-state index in [1.165, 1.54) is 11.1 Å². The number of anilines is 2. The molecule has 0 aliphatic rings. The van der Waals surface area contributed by atoms with Crippen molar-refractivity contribution in [3.63, 3.8) is 0 Å². The Morgan fingerprint density at radius 3 is 1.57 bits per heavy atom. The van der Waals surface area contributed by atoms with Crippen LogP contribution in [0, 0.1) is 0 Å². The molecule has 0 heterocycles. The maximum Gasteiger partial charge on any atom is 0.0824 e. The van der Waals surface area contributed by atoms with Crippen molar-refractivity contribution < 1.29 is 0 Å². The van der Waals surface area contributed by atoms with Gasteiger partial charge in [0, 0.05) is 11.4 Å². The fraction of sp³-hybridized carbons (Fsp3) is 0.143. The molecule has 3 rings (SSSR count). The third-order valence-electron chi connectivity index (χ3n) is 3.79. The molecule has 0 radical (unpaired) electrons. The van der Waals surface area contributed by atoms with Gasteiger partial charge in [-0.2, -0.15) is 12.6 Å². The van der Waals surface area contributed by atoms with E-state index in [9.17, 15) is 0 Å². The molecule has 0 amide bonds. The van der Waals surface area contributed by atoms with Crippen LogP contribution in [0.2, 0.25) is 0 Å². The zero-order valence-corrected chi connectivity index (χ0v) is 14.4. The van der Waals surface area contributed by atoms with Crippen LogP contribution in [0.3, 0.4) is 0 Å². The van der Waals surface area contributed by atoms with E-state index in [1.54, 1.807) is 0 Å². The molecule has 0 N–H and O–H groups in total. The van der Waals surface area contributed by atoms with E-state index in [4.69, 9.17) is 12.6 Å². The van der Waals surface area contributed by atoms with Crippen molar-refractivity contribution in [3.05, 3.63) is 84.9 Å². The Balaban J connectivity index is 1.98. The second kappa shape index (κ2) is 6.51. The molecule has 0 bridgehead atoms. The summed E-state index contributed by atoms with van der Waals surface area (Å²) in [7, 11) is 0. The molecule has 0 aliphatic heterocycles. The van der Waals surface area contributed by atoms with Crippen molar-refractivity contribution in [2.75, 3.05) is 4.90 Å². The first-order valence-corrected chi connectivity index (χ1v) is 8.23. The van der Waals surface area contributed by atoms with E-state index < -0.39 is 0 Å². The molecule has 0 saturated carbocycles. The Hall–Kier alpha value is -2.19. The Labute approximate surface area is 144 Å². The molecule has 0 atom stereocenters. The molecule has 23 heavy (non-hydrogen) atoms. The van der Waals surface area contributed by atoms with Gasteiger partial charge in [0.15, 0.2) is 0 Å². The van der Waals surface area contributed by atoms with Gasteiger partial charge in [-0.1, -0.05) is 60.7 Å². The van der Waals surface area contributed by atoms with Crippen molar-refractivity contribution in [1.29, 1.82) is 0 Å². The Kier molecular flexibility index (Phi) is 4.44. The highest BCUT2D eigenvalue weighted by atomic mass is 32.1. The van der Waals surface area contributed by atoms with E-state index >= 15 is 0 Å². The van der Waals surface area contributed by atoms with E-state index in [2.05, 4.69) is 91.5 Å². The quantitative estimate of drug-likeness (QED) is 0.445. The maximum absolute atomic E-state index is 4.79. The topological polar surface area (TPSA) is 3.24 Å². The van der Waals surface area contributed by atoms with Crippen molar-refractivity contribution >= 4 is 24.0 Å². The highest BCUT2D eigenvalue weighted by molar-refractivity contribution is 7.81. The third-order valence-corrected chi connectivity index (χ3v) is 3.99. The summed E-state index contributed by atoms with van der Waals surface area (Å²) in [6.45, 7) is 4.21. The molecule has 1 nitrogen and oxygen atoms in total. The lowest BCUT2D eigenvalue weighted by Crippen LogP contribution is -2.35. The Morgan fingerprint density at radius 1 is 0.609 bits per heavy atom. The van der Waals surface area contributed by atoms with Gasteiger partial charge in [-0.3, -0.25) is 0 Å². The van der Waals surface area contributed by atoms with E-state index in [0.717, 1.165) is 11.4 Å². The Bertz CT molecular complexity index is 743. The summed E-state index contributed by atoms with van der Waals surface area (Å²) in [5.41, 5.74) is 4.73. The SMILES string of the molecule is CC(C)(S)N(c1ccccc1)c1ccc(-c2ccccc2)cc1. The first kappa shape index (κ1) is 15.7. The summed E-state index contributed by atoms with van der Waals surface area (Å²) < 4.78 is 0. The maximum atomic E-state index is 4.79. The highest BCUT2D eigenvalue weighted by Crippen LogP contribution is 2.36. The zero-order chi connectivity index (χ0) is 16.3. The van der Waals surface area contributed by atoms with Crippen LogP contribution in [0.15, 0.2) is 84.9 Å². The minimum absolute atomic E-state index is 0.296. The van der Waals surface area contributed by atoms with Crippen molar-refractivity contribution in [1.82, 2.24) is 0 Å². The number of hydrogen-bond donors (Lipinski definition) is 1. The van der Waals surface area contributed by atoms with Gasteiger partial charge in [0.25, 0.3) is 0 Å². The number of para-hydroxylation sites is 1. The number of benzene rings is 3. The number of thiol groups is 1. The van der Waals surface area contributed by atoms with Gasteiger partial charge in [0.2, 0.25) is 0 Å². The summed E-state index contributed by atoms with van der Waals surface area (Å²) in [6, 6.07) is 29.5. The predicted molar refractivity (Wildman–Crippen MR) is 104 cm³/mol. The lowest BCUT2D eigenvalue weighted by Gasteiger charge is -2.37. The van der Waals surface area contributed by atoms with Gasteiger partial charge >= 0.3 is 0 Å². The van der Waals surface area contributed by atoms with E-state index in [-0.39, 0.29) is 4.87 Å². The molecular weight excluding hydrogens is 298 g/mol. The smallest absolute Gasteiger partial charge is 0.0824 e. The normalized spacial score (nSPS) is 11.3. The monoisotopic (exact) mass is 319 g/mol. The minimum Gasteiger partial charge on any atom is -0.327 e. The number of hydrogen-bond acceptors (Lipinski definition) is 2. The van der Waals surface area contributed by atoms with Gasteiger partial charge in [0.05, 0.1) is 4.87 Å². The summed E-state index contributed by atoms with van der Waals surface area (Å²) in [5.74, 6) is 0. The first-order chi connectivity index (χ1) is 11.1. The molecule has 3 aromatic rings. The van der Waals surface area contributed by atoms with Crippen LogP contribution >= 0.6 is 12.6 Å². The largest absolute Gasteiger partial charge is 0.327 e. The van der Waals surface area contributed by atoms with Crippen LogP contribution in [-0.2, 0) is 0 Å². The lowest BCUT2D eigenvalue weighted by molar-refractivity contribution is 0.729. The average Bonchev–Trinajstić information content (AvgIpc) is 2.56. The first-order valence-electron chi connectivity index (χ1n) is 7.79. The van der Waals surface area contributed by atoms with Crippen LogP contribution in [-0.4, -0.2) is 4.87 Å². The van der Waals surface area contributed by atoms with Crippen molar-refractivity contribution in [2.24, 2.45) is 0 Å². The third kappa shape index (κ3) is 3.59. The number of nitrogens with zero attached hydrogens (tertiary/aromatic N) is 1. The lowest BCUT2D eigenvalue weighted by atomic mass is 10.0. The van der Waals surface area contributed by atoms with Crippen LogP contribution < -0.4 is 4.90 Å². The van der Waals surface area contributed by atoms with Gasteiger partial charge < -0.3 is 4.90 Å². The molecular formula is C21H21NS. The van der Waals surface area contributed by atoms with Crippen LogP contribution in [0.5, 0.6) is 0 Å². The van der Waals surface area contributed by atoms with Gasteiger partial charge in [-0.25, -0.2) is 0 Å². The molecule has 0 aliphatic carbocycles. The molecule has 2 heteroatoms. The summed E-state index contributed by atoms with van der Waals surface area (Å²) in [5, 5.41) is 0. The van der Waals surface area contributed by atoms with Crippen LogP contribution in [0.4, 0.5) is 11.4 Å². The highest BCUT2D eigenvalue weighted by Gasteiger charge is 2.24. The van der Waals surface area contributed by atoms with Crippen molar-refractivity contribution in [3.8, 4) is 11.1 Å². The molecule has 0 unspecified atom stereocenters. The van der Waals surface area contributed by atoms with E-state index in [1.807, 2.05) is 12.1 Å². The van der Waals surface area contributed by atoms with E-state index in [0.29, 0.717) is 0 Å². The second-order valence-electron chi connectivity index (χ2n) is 6.08. The number of rotatable bonds is 4.